The molecule has 1 unspecified atom stereocenters. The predicted molar refractivity (Wildman–Crippen MR) is 67.2 cm³/mol. The molecule has 0 fully saturated rings. The summed E-state index contributed by atoms with van der Waals surface area (Å²) in [6, 6.07) is 0.500. The second-order valence-electron chi connectivity index (χ2n) is 4.43. The highest BCUT2D eigenvalue weighted by molar-refractivity contribution is 7.98. The van der Waals surface area contributed by atoms with Crippen molar-refractivity contribution in [2.75, 3.05) is 12.0 Å². The smallest absolute Gasteiger partial charge is 0.0951 e. The molecule has 1 heterocycles. The third-order valence-corrected chi connectivity index (χ3v) is 3.27. The molecule has 2 N–H and O–H groups in total. The summed E-state index contributed by atoms with van der Waals surface area (Å²) in [5.74, 6) is 1.11. The molecule has 0 aliphatic carbocycles. The van der Waals surface area contributed by atoms with Crippen molar-refractivity contribution < 1.29 is 0 Å². The molecule has 1 aromatic heterocycles. The van der Waals surface area contributed by atoms with Gasteiger partial charge in [-0.25, -0.2) is 4.98 Å². The number of thioether (sulfide) groups is 1. The number of aromatic nitrogens is 2. The SMILES string of the molecule is CCC(CSC)n1cncc1C(C)(C)N. The van der Waals surface area contributed by atoms with Crippen molar-refractivity contribution in [1.82, 2.24) is 9.55 Å². The van der Waals surface area contributed by atoms with Crippen molar-refractivity contribution in [2.45, 2.75) is 38.8 Å². The molecule has 0 aliphatic heterocycles. The van der Waals surface area contributed by atoms with Crippen LogP contribution >= 0.6 is 11.8 Å². The topological polar surface area (TPSA) is 43.8 Å². The fraction of sp³-hybridized carbons (Fsp3) is 0.727. The van der Waals surface area contributed by atoms with Gasteiger partial charge in [0.2, 0.25) is 0 Å². The first-order valence-corrected chi connectivity index (χ1v) is 6.70. The third kappa shape index (κ3) is 2.98. The van der Waals surface area contributed by atoms with E-state index in [2.05, 4.69) is 22.7 Å². The molecular weight excluding hydrogens is 206 g/mol. The van der Waals surface area contributed by atoms with Gasteiger partial charge in [-0.3, -0.25) is 0 Å². The Morgan fingerprint density at radius 3 is 2.73 bits per heavy atom. The van der Waals surface area contributed by atoms with Crippen molar-refractivity contribution in [2.24, 2.45) is 5.73 Å². The summed E-state index contributed by atoms with van der Waals surface area (Å²) in [6.07, 6.45) is 7.02. The summed E-state index contributed by atoms with van der Waals surface area (Å²) < 4.78 is 2.22. The van der Waals surface area contributed by atoms with Crippen LogP contribution in [0.3, 0.4) is 0 Å². The van der Waals surface area contributed by atoms with E-state index in [9.17, 15) is 0 Å². The van der Waals surface area contributed by atoms with Gasteiger partial charge in [0.25, 0.3) is 0 Å². The quantitative estimate of drug-likeness (QED) is 0.840. The van der Waals surface area contributed by atoms with Gasteiger partial charge in [-0.05, 0) is 26.5 Å². The second-order valence-corrected chi connectivity index (χ2v) is 5.34. The minimum absolute atomic E-state index is 0.317. The molecule has 15 heavy (non-hydrogen) atoms. The van der Waals surface area contributed by atoms with E-state index in [1.165, 1.54) is 0 Å². The van der Waals surface area contributed by atoms with E-state index in [-0.39, 0.29) is 5.54 Å². The third-order valence-electron chi connectivity index (χ3n) is 2.55. The van der Waals surface area contributed by atoms with Gasteiger partial charge in [-0.1, -0.05) is 6.92 Å². The minimum Gasteiger partial charge on any atom is -0.329 e. The lowest BCUT2D eigenvalue weighted by Gasteiger charge is -2.25. The molecule has 0 spiro atoms. The van der Waals surface area contributed by atoms with E-state index in [0.29, 0.717) is 6.04 Å². The summed E-state index contributed by atoms with van der Waals surface area (Å²) in [6.45, 7) is 6.24. The molecule has 3 nitrogen and oxygen atoms in total. The van der Waals surface area contributed by atoms with E-state index in [1.54, 1.807) is 0 Å². The Labute approximate surface area is 96.5 Å². The molecule has 0 saturated heterocycles. The molecule has 0 radical (unpaired) electrons. The van der Waals surface area contributed by atoms with Crippen LogP contribution in [0.25, 0.3) is 0 Å². The van der Waals surface area contributed by atoms with Gasteiger partial charge in [-0.2, -0.15) is 11.8 Å². The number of rotatable bonds is 5. The van der Waals surface area contributed by atoms with Crippen LogP contribution in [0, 0.1) is 0 Å². The molecule has 0 aromatic carbocycles. The zero-order chi connectivity index (χ0) is 11.5. The largest absolute Gasteiger partial charge is 0.329 e. The van der Waals surface area contributed by atoms with E-state index in [4.69, 9.17) is 5.73 Å². The van der Waals surface area contributed by atoms with E-state index < -0.39 is 0 Å². The van der Waals surface area contributed by atoms with Crippen molar-refractivity contribution in [3.8, 4) is 0 Å². The van der Waals surface area contributed by atoms with Crippen molar-refractivity contribution >= 4 is 11.8 Å². The monoisotopic (exact) mass is 227 g/mol. The highest BCUT2D eigenvalue weighted by atomic mass is 32.2. The molecule has 4 heteroatoms. The highest BCUT2D eigenvalue weighted by Gasteiger charge is 2.22. The van der Waals surface area contributed by atoms with Crippen LogP contribution in [-0.2, 0) is 5.54 Å². The lowest BCUT2D eigenvalue weighted by Crippen LogP contribution is -2.32. The van der Waals surface area contributed by atoms with Crippen LogP contribution in [0.1, 0.15) is 38.9 Å². The van der Waals surface area contributed by atoms with Crippen molar-refractivity contribution in [3.63, 3.8) is 0 Å². The van der Waals surface area contributed by atoms with Gasteiger partial charge in [0.15, 0.2) is 0 Å². The number of nitrogens with two attached hydrogens (primary N) is 1. The maximum absolute atomic E-state index is 6.12. The Morgan fingerprint density at radius 2 is 2.27 bits per heavy atom. The second kappa shape index (κ2) is 5.03. The molecular formula is C11H21N3S. The van der Waals surface area contributed by atoms with Gasteiger partial charge >= 0.3 is 0 Å². The van der Waals surface area contributed by atoms with Crippen LogP contribution < -0.4 is 5.73 Å². The standard InChI is InChI=1S/C11H21N3S/c1-5-9(7-15-4)14-8-13-6-10(14)11(2,3)12/h6,8-9H,5,7,12H2,1-4H3. The first-order valence-electron chi connectivity index (χ1n) is 5.30. The maximum atomic E-state index is 6.12. The van der Waals surface area contributed by atoms with Gasteiger partial charge in [0, 0.05) is 18.0 Å². The van der Waals surface area contributed by atoms with Crippen LogP contribution in [-0.4, -0.2) is 21.6 Å². The first kappa shape index (κ1) is 12.6. The number of nitrogens with zero attached hydrogens (tertiary/aromatic N) is 2. The van der Waals surface area contributed by atoms with Crippen molar-refractivity contribution in [1.29, 1.82) is 0 Å². The normalized spacial score (nSPS) is 14.2. The first-order chi connectivity index (χ1) is 7.00. The Morgan fingerprint density at radius 1 is 1.60 bits per heavy atom. The molecule has 1 rings (SSSR count). The van der Waals surface area contributed by atoms with Crippen LogP contribution in [0.2, 0.25) is 0 Å². The summed E-state index contributed by atoms with van der Waals surface area (Å²) in [5, 5.41) is 0. The molecule has 0 aliphatic rings. The lowest BCUT2D eigenvalue weighted by atomic mass is 10.0. The van der Waals surface area contributed by atoms with Gasteiger partial charge in [0.1, 0.15) is 0 Å². The summed E-state index contributed by atoms with van der Waals surface area (Å²) >= 11 is 1.86. The Balaban J connectivity index is 2.97. The molecule has 0 saturated carbocycles. The Hall–Kier alpha value is -0.480. The predicted octanol–water partition coefficient (Wildman–Crippen LogP) is 2.39. The highest BCUT2D eigenvalue weighted by Crippen LogP contribution is 2.24. The lowest BCUT2D eigenvalue weighted by molar-refractivity contribution is 0.446. The van der Waals surface area contributed by atoms with Crippen LogP contribution in [0.15, 0.2) is 12.5 Å². The number of hydrogen-bond donors (Lipinski definition) is 1. The van der Waals surface area contributed by atoms with Gasteiger partial charge < -0.3 is 10.3 Å². The fourth-order valence-corrected chi connectivity index (χ4v) is 2.46. The fourth-order valence-electron chi connectivity index (χ4n) is 1.68. The van der Waals surface area contributed by atoms with E-state index >= 15 is 0 Å². The summed E-state index contributed by atoms with van der Waals surface area (Å²) in [5.41, 5.74) is 6.92. The Bertz CT molecular complexity index is 301. The summed E-state index contributed by atoms with van der Waals surface area (Å²) in [4.78, 5) is 4.21. The molecule has 1 aromatic rings. The molecule has 0 amide bonds. The van der Waals surface area contributed by atoms with E-state index in [1.807, 2.05) is 38.1 Å². The zero-order valence-corrected chi connectivity index (χ0v) is 10.8. The number of imidazole rings is 1. The van der Waals surface area contributed by atoms with Crippen LogP contribution in [0.5, 0.6) is 0 Å². The molecule has 0 bridgehead atoms. The number of hydrogen-bond acceptors (Lipinski definition) is 3. The minimum atomic E-state index is -0.317. The summed E-state index contributed by atoms with van der Waals surface area (Å²) in [7, 11) is 0. The average Bonchev–Trinajstić information content (AvgIpc) is 2.61. The van der Waals surface area contributed by atoms with Crippen molar-refractivity contribution in [3.05, 3.63) is 18.2 Å². The Kier molecular flexibility index (Phi) is 4.22. The molecule has 1 atom stereocenters. The zero-order valence-electron chi connectivity index (χ0n) is 10.0. The maximum Gasteiger partial charge on any atom is 0.0951 e. The molecule has 86 valence electrons. The van der Waals surface area contributed by atoms with E-state index in [0.717, 1.165) is 17.9 Å². The van der Waals surface area contributed by atoms with Gasteiger partial charge in [0.05, 0.1) is 17.6 Å². The van der Waals surface area contributed by atoms with Crippen LogP contribution in [0.4, 0.5) is 0 Å². The average molecular weight is 227 g/mol. The van der Waals surface area contributed by atoms with Gasteiger partial charge in [-0.15, -0.1) is 0 Å².